The molecular weight excluding hydrogens is 400 g/mol. The quantitative estimate of drug-likeness (QED) is 0.668. The van der Waals surface area contributed by atoms with E-state index in [1.165, 1.54) is 5.57 Å². The second-order valence-electron chi connectivity index (χ2n) is 8.12. The SMILES string of the molecule is COc1cc(-c2cn(C)c(=O)c3[nH]ncc23)cc(Cl)c1C=C1CCN(C(C)C)CC1. The first-order valence-corrected chi connectivity index (χ1v) is 10.6. The number of methoxy groups -OCH3 is 1. The van der Waals surface area contributed by atoms with E-state index in [0.717, 1.165) is 53.8 Å². The molecule has 0 amide bonds. The van der Waals surface area contributed by atoms with Crippen LogP contribution in [0.3, 0.4) is 0 Å². The fraction of sp³-hybridized carbons (Fsp3) is 0.391. The Morgan fingerprint density at radius 1 is 1.27 bits per heavy atom. The Bertz CT molecular complexity index is 1170. The Kier molecular flexibility index (Phi) is 5.71. The first-order valence-electron chi connectivity index (χ1n) is 10.2. The molecule has 1 aliphatic heterocycles. The van der Waals surface area contributed by atoms with Gasteiger partial charge < -0.3 is 14.2 Å². The molecule has 0 unspecified atom stereocenters. The minimum Gasteiger partial charge on any atom is -0.496 e. The van der Waals surface area contributed by atoms with Gasteiger partial charge in [-0.25, -0.2) is 0 Å². The van der Waals surface area contributed by atoms with Crippen molar-refractivity contribution in [3.8, 4) is 16.9 Å². The van der Waals surface area contributed by atoms with Crippen molar-refractivity contribution in [3.05, 3.63) is 51.0 Å². The summed E-state index contributed by atoms with van der Waals surface area (Å²) < 4.78 is 7.26. The predicted molar refractivity (Wildman–Crippen MR) is 122 cm³/mol. The molecule has 0 spiro atoms. The number of likely N-dealkylation sites (tertiary alicyclic amines) is 1. The lowest BCUT2D eigenvalue weighted by atomic mass is 9.97. The van der Waals surface area contributed by atoms with Gasteiger partial charge in [-0.3, -0.25) is 9.89 Å². The lowest BCUT2D eigenvalue weighted by Gasteiger charge is -2.31. The molecule has 4 rings (SSSR count). The highest BCUT2D eigenvalue weighted by molar-refractivity contribution is 6.32. The van der Waals surface area contributed by atoms with Crippen molar-refractivity contribution in [2.45, 2.75) is 32.7 Å². The number of ether oxygens (including phenoxy) is 1. The van der Waals surface area contributed by atoms with Crippen LogP contribution in [0.1, 0.15) is 32.3 Å². The fourth-order valence-corrected chi connectivity index (χ4v) is 4.38. The Morgan fingerprint density at radius 3 is 2.67 bits per heavy atom. The number of pyridine rings is 1. The summed E-state index contributed by atoms with van der Waals surface area (Å²) in [7, 11) is 3.39. The zero-order valence-corrected chi connectivity index (χ0v) is 18.6. The molecule has 1 N–H and O–H groups in total. The average molecular weight is 427 g/mol. The summed E-state index contributed by atoms with van der Waals surface area (Å²) in [6.07, 6.45) is 7.73. The van der Waals surface area contributed by atoms with Crippen LogP contribution >= 0.6 is 11.6 Å². The van der Waals surface area contributed by atoms with Crippen LogP contribution in [0.2, 0.25) is 5.02 Å². The molecule has 0 saturated carbocycles. The summed E-state index contributed by atoms with van der Waals surface area (Å²) in [4.78, 5) is 14.8. The first kappa shape index (κ1) is 20.7. The number of nitrogens with one attached hydrogen (secondary N) is 1. The van der Waals surface area contributed by atoms with Crippen LogP contribution < -0.4 is 10.3 Å². The van der Waals surface area contributed by atoms with Crippen LogP contribution in [0.4, 0.5) is 0 Å². The first-order chi connectivity index (χ1) is 14.4. The van der Waals surface area contributed by atoms with E-state index >= 15 is 0 Å². The van der Waals surface area contributed by atoms with E-state index in [0.29, 0.717) is 16.6 Å². The van der Waals surface area contributed by atoms with Gasteiger partial charge in [0.1, 0.15) is 11.3 Å². The van der Waals surface area contributed by atoms with Crippen LogP contribution in [-0.4, -0.2) is 45.9 Å². The number of rotatable bonds is 4. The lowest BCUT2D eigenvalue weighted by molar-refractivity contribution is 0.208. The highest BCUT2D eigenvalue weighted by Gasteiger charge is 2.19. The number of hydrogen-bond acceptors (Lipinski definition) is 4. The average Bonchev–Trinajstić information content (AvgIpc) is 3.22. The number of fused-ring (bicyclic) bond motifs is 1. The van der Waals surface area contributed by atoms with E-state index in [4.69, 9.17) is 16.3 Å². The summed E-state index contributed by atoms with van der Waals surface area (Å²) >= 11 is 6.73. The second kappa shape index (κ2) is 8.28. The van der Waals surface area contributed by atoms with Gasteiger partial charge in [-0.05, 0) is 44.4 Å². The number of piperidine rings is 1. The highest BCUT2D eigenvalue weighted by Crippen LogP contribution is 2.37. The molecule has 0 radical (unpaired) electrons. The number of aryl methyl sites for hydroxylation is 1. The van der Waals surface area contributed by atoms with E-state index in [9.17, 15) is 4.79 Å². The maximum atomic E-state index is 12.3. The molecule has 1 aromatic carbocycles. The fourth-order valence-electron chi connectivity index (χ4n) is 4.11. The largest absolute Gasteiger partial charge is 0.496 e. The van der Waals surface area contributed by atoms with Crippen molar-refractivity contribution < 1.29 is 4.74 Å². The van der Waals surface area contributed by atoms with Crippen molar-refractivity contribution in [2.24, 2.45) is 7.05 Å². The molecular formula is C23H27ClN4O2. The number of nitrogens with zero attached hydrogens (tertiary/aromatic N) is 3. The van der Waals surface area contributed by atoms with Gasteiger partial charge in [0.25, 0.3) is 5.56 Å². The molecule has 6 nitrogen and oxygen atoms in total. The number of benzene rings is 1. The molecule has 1 saturated heterocycles. The molecule has 3 heterocycles. The Labute approximate surface area is 181 Å². The number of aromatic amines is 1. The van der Waals surface area contributed by atoms with Crippen molar-refractivity contribution in [1.29, 1.82) is 0 Å². The van der Waals surface area contributed by atoms with E-state index in [-0.39, 0.29) is 5.56 Å². The highest BCUT2D eigenvalue weighted by atomic mass is 35.5. The zero-order chi connectivity index (χ0) is 21.4. The lowest BCUT2D eigenvalue weighted by Crippen LogP contribution is -2.36. The summed E-state index contributed by atoms with van der Waals surface area (Å²) in [6.45, 7) is 6.61. The third kappa shape index (κ3) is 3.77. The molecule has 1 fully saturated rings. The van der Waals surface area contributed by atoms with Crippen molar-refractivity contribution >= 4 is 28.6 Å². The smallest absolute Gasteiger partial charge is 0.276 e. The Hall–Kier alpha value is -2.57. The maximum absolute atomic E-state index is 12.3. The molecule has 30 heavy (non-hydrogen) atoms. The van der Waals surface area contributed by atoms with E-state index < -0.39 is 0 Å². The van der Waals surface area contributed by atoms with Gasteiger partial charge in [0.15, 0.2) is 0 Å². The van der Waals surface area contributed by atoms with Crippen LogP contribution in [0.25, 0.3) is 28.1 Å². The van der Waals surface area contributed by atoms with Crippen LogP contribution in [0.15, 0.2) is 34.9 Å². The molecule has 0 atom stereocenters. The van der Waals surface area contributed by atoms with Crippen molar-refractivity contribution in [3.63, 3.8) is 0 Å². The zero-order valence-electron chi connectivity index (χ0n) is 17.8. The topological polar surface area (TPSA) is 63.1 Å². The summed E-state index contributed by atoms with van der Waals surface area (Å²) in [5.74, 6) is 0.724. The summed E-state index contributed by atoms with van der Waals surface area (Å²) in [5.41, 5.74) is 4.43. The van der Waals surface area contributed by atoms with Gasteiger partial charge in [-0.2, -0.15) is 5.10 Å². The van der Waals surface area contributed by atoms with E-state index in [2.05, 4.69) is 35.0 Å². The molecule has 1 aliphatic rings. The molecule has 158 valence electrons. The number of halogens is 1. The summed E-state index contributed by atoms with van der Waals surface area (Å²) in [6, 6.07) is 4.49. The Balaban J connectivity index is 1.74. The van der Waals surface area contributed by atoms with Crippen LogP contribution in [0.5, 0.6) is 5.75 Å². The third-order valence-electron chi connectivity index (χ3n) is 5.93. The van der Waals surface area contributed by atoms with Crippen molar-refractivity contribution in [2.75, 3.05) is 20.2 Å². The van der Waals surface area contributed by atoms with Gasteiger partial charge >= 0.3 is 0 Å². The van der Waals surface area contributed by atoms with Crippen LogP contribution in [0, 0.1) is 0 Å². The van der Waals surface area contributed by atoms with E-state index in [1.807, 2.05) is 18.3 Å². The second-order valence-corrected chi connectivity index (χ2v) is 8.53. The van der Waals surface area contributed by atoms with Gasteiger partial charge in [-0.1, -0.05) is 23.3 Å². The monoisotopic (exact) mass is 426 g/mol. The molecule has 7 heteroatoms. The minimum absolute atomic E-state index is 0.113. The molecule has 0 aliphatic carbocycles. The van der Waals surface area contributed by atoms with Gasteiger partial charge in [0.2, 0.25) is 0 Å². The molecule has 3 aromatic rings. The number of hydrogen-bond donors (Lipinski definition) is 1. The maximum Gasteiger partial charge on any atom is 0.276 e. The predicted octanol–water partition coefficient (Wildman–Crippen LogP) is 4.48. The third-order valence-corrected chi connectivity index (χ3v) is 6.24. The van der Waals surface area contributed by atoms with Gasteiger partial charge in [-0.15, -0.1) is 0 Å². The molecule has 0 bridgehead atoms. The normalized spacial score (nSPS) is 15.2. The van der Waals surface area contributed by atoms with E-state index in [1.54, 1.807) is 24.9 Å². The standard InChI is InChI=1S/C23H27ClN4O2/c1-14(2)28-7-5-15(6-8-28)9-17-20(24)10-16(11-21(17)30-4)19-13-27(3)23(29)22-18(19)12-25-26-22/h9-14H,5-8H2,1-4H3,(H,25,26). The number of aromatic nitrogens is 3. The van der Waals surface area contributed by atoms with Crippen molar-refractivity contribution in [1.82, 2.24) is 19.7 Å². The van der Waals surface area contributed by atoms with Gasteiger partial charge in [0, 0.05) is 48.9 Å². The molecule has 2 aromatic heterocycles. The van der Waals surface area contributed by atoms with Crippen LogP contribution in [-0.2, 0) is 7.05 Å². The number of H-pyrrole nitrogens is 1. The summed E-state index contributed by atoms with van der Waals surface area (Å²) in [5, 5.41) is 8.25. The Morgan fingerprint density at radius 2 is 2.00 bits per heavy atom. The van der Waals surface area contributed by atoms with Gasteiger partial charge in [0.05, 0.1) is 18.3 Å². The minimum atomic E-state index is -0.113.